The van der Waals surface area contributed by atoms with E-state index in [0.29, 0.717) is 17.4 Å². The quantitative estimate of drug-likeness (QED) is 0.783. The Labute approximate surface area is 142 Å². The van der Waals surface area contributed by atoms with E-state index in [0.717, 1.165) is 36.6 Å². The predicted octanol–water partition coefficient (Wildman–Crippen LogP) is 2.03. The van der Waals surface area contributed by atoms with Gasteiger partial charge in [-0.2, -0.15) is 0 Å². The number of aryl methyl sites for hydroxylation is 1. The molecule has 24 heavy (non-hydrogen) atoms. The molecule has 1 aliphatic rings. The Bertz CT molecular complexity index is 746. The van der Waals surface area contributed by atoms with Gasteiger partial charge in [-0.05, 0) is 50.2 Å². The van der Waals surface area contributed by atoms with Gasteiger partial charge in [-0.1, -0.05) is 12.1 Å². The number of nitrogens with zero attached hydrogens (tertiary/aromatic N) is 2. The number of carbonyl (C=O) groups is 1. The van der Waals surface area contributed by atoms with Crippen LogP contribution in [0.1, 0.15) is 22.3 Å². The molecule has 0 radical (unpaired) electrons. The highest BCUT2D eigenvalue weighted by Crippen LogP contribution is 2.25. The van der Waals surface area contributed by atoms with Crippen LogP contribution < -0.4 is 21.3 Å². The van der Waals surface area contributed by atoms with Crippen LogP contribution >= 0.6 is 0 Å². The van der Waals surface area contributed by atoms with Gasteiger partial charge in [0.1, 0.15) is 11.6 Å². The Balaban J connectivity index is 1.90. The molecular weight excluding hydrogens is 302 g/mol. The van der Waals surface area contributed by atoms with Crippen LogP contribution in [0.4, 0.5) is 17.3 Å². The number of benzene rings is 1. The van der Waals surface area contributed by atoms with Crippen LogP contribution in [0.3, 0.4) is 0 Å². The van der Waals surface area contributed by atoms with Crippen LogP contribution in [0.2, 0.25) is 0 Å². The number of nitrogens with two attached hydrogens (primary N) is 1. The molecule has 4 N–H and O–H groups in total. The van der Waals surface area contributed by atoms with E-state index in [2.05, 4.69) is 20.5 Å². The van der Waals surface area contributed by atoms with Crippen LogP contribution in [-0.4, -0.2) is 37.1 Å². The number of aromatic nitrogens is 1. The van der Waals surface area contributed by atoms with Crippen molar-refractivity contribution in [2.45, 2.75) is 19.4 Å². The number of rotatable bonds is 5. The highest BCUT2D eigenvalue weighted by atomic mass is 16.1. The molecule has 0 spiro atoms. The molecule has 3 rings (SSSR count). The molecule has 2 heterocycles. The lowest BCUT2D eigenvalue weighted by atomic mass is 10.2. The Morgan fingerprint density at radius 3 is 2.83 bits per heavy atom. The van der Waals surface area contributed by atoms with Gasteiger partial charge in [0.2, 0.25) is 0 Å². The minimum absolute atomic E-state index is 0.393. The number of hydrogen-bond donors (Lipinski definition) is 3. The third-order valence-corrected chi connectivity index (χ3v) is 4.35. The fourth-order valence-corrected chi connectivity index (χ4v) is 2.98. The zero-order chi connectivity index (χ0) is 17.1. The molecule has 0 bridgehead atoms. The summed E-state index contributed by atoms with van der Waals surface area (Å²) in [5.74, 6) is 0.866. The molecule has 1 saturated heterocycles. The molecule has 1 atom stereocenters. The van der Waals surface area contributed by atoms with Crippen molar-refractivity contribution in [2.24, 2.45) is 5.73 Å². The first-order chi connectivity index (χ1) is 11.6. The van der Waals surface area contributed by atoms with Crippen molar-refractivity contribution in [2.75, 3.05) is 30.4 Å². The molecular formula is C18H23N5O. The highest BCUT2D eigenvalue weighted by Gasteiger charge is 2.23. The monoisotopic (exact) mass is 325 g/mol. The van der Waals surface area contributed by atoms with Gasteiger partial charge in [-0.3, -0.25) is 4.79 Å². The second-order valence-electron chi connectivity index (χ2n) is 6.14. The number of carbonyl (C=O) groups excluding carboxylic acids is 1. The fraction of sp³-hybridized carbons (Fsp3) is 0.333. The first-order valence-corrected chi connectivity index (χ1v) is 8.13. The van der Waals surface area contributed by atoms with Crippen LogP contribution in [0, 0.1) is 6.92 Å². The minimum atomic E-state index is -0.487. The number of amides is 1. The maximum absolute atomic E-state index is 11.7. The second-order valence-corrected chi connectivity index (χ2v) is 6.14. The number of primary amides is 1. The van der Waals surface area contributed by atoms with Crippen molar-refractivity contribution in [3.8, 4) is 0 Å². The van der Waals surface area contributed by atoms with Gasteiger partial charge < -0.3 is 21.3 Å². The molecule has 1 amide bonds. The average Bonchev–Trinajstić information content (AvgIpc) is 3.03. The van der Waals surface area contributed by atoms with Crippen LogP contribution in [0.15, 0.2) is 36.4 Å². The minimum Gasteiger partial charge on any atom is -0.365 e. The Kier molecular flexibility index (Phi) is 4.66. The fourth-order valence-electron chi connectivity index (χ4n) is 2.98. The van der Waals surface area contributed by atoms with Crippen molar-refractivity contribution in [1.29, 1.82) is 0 Å². The van der Waals surface area contributed by atoms with E-state index < -0.39 is 5.91 Å². The third-order valence-electron chi connectivity index (χ3n) is 4.35. The Morgan fingerprint density at radius 2 is 2.17 bits per heavy atom. The normalized spacial score (nSPS) is 17.1. The standard InChI is InChI=1S/C18H23N5O/c1-12-4-3-5-13(10-12)21-18-15(17(19)24)6-7-16(22-18)23-9-8-14(11-23)20-2/h3-7,10,14,20H,8-9,11H2,1-2H3,(H2,19,24)(H,21,22). The van der Waals surface area contributed by atoms with E-state index >= 15 is 0 Å². The summed E-state index contributed by atoms with van der Waals surface area (Å²) in [5.41, 5.74) is 7.91. The maximum atomic E-state index is 11.7. The lowest BCUT2D eigenvalue weighted by molar-refractivity contribution is 0.100. The molecule has 2 aromatic rings. The summed E-state index contributed by atoms with van der Waals surface area (Å²) >= 11 is 0. The summed E-state index contributed by atoms with van der Waals surface area (Å²) < 4.78 is 0. The van der Waals surface area contributed by atoms with Crippen molar-refractivity contribution in [1.82, 2.24) is 10.3 Å². The smallest absolute Gasteiger partial charge is 0.252 e. The van der Waals surface area contributed by atoms with E-state index in [-0.39, 0.29) is 0 Å². The van der Waals surface area contributed by atoms with Crippen LogP contribution in [-0.2, 0) is 0 Å². The Morgan fingerprint density at radius 1 is 1.33 bits per heavy atom. The molecule has 1 unspecified atom stereocenters. The van der Waals surface area contributed by atoms with E-state index in [1.54, 1.807) is 6.07 Å². The zero-order valence-corrected chi connectivity index (χ0v) is 14.0. The van der Waals surface area contributed by atoms with Crippen molar-refractivity contribution < 1.29 is 4.79 Å². The van der Waals surface area contributed by atoms with Crippen molar-refractivity contribution in [3.05, 3.63) is 47.5 Å². The predicted molar refractivity (Wildman–Crippen MR) is 96.9 cm³/mol. The van der Waals surface area contributed by atoms with Crippen LogP contribution in [0.25, 0.3) is 0 Å². The largest absolute Gasteiger partial charge is 0.365 e. The van der Waals surface area contributed by atoms with E-state index in [9.17, 15) is 4.79 Å². The SMILES string of the molecule is CNC1CCN(c2ccc(C(N)=O)c(Nc3cccc(C)c3)n2)C1. The molecule has 1 aromatic heterocycles. The number of likely N-dealkylation sites (N-methyl/N-ethyl adjacent to an activating group) is 1. The molecule has 1 fully saturated rings. The van der Waals surface area contributed by atoms with E-state index in [4.69, 9.17) is 5.73 Å². The maximum Gasteiger partial charge on any atom is 0.252 e. The van der Waals surface area contributed by atoms with Gasteiger partial charge in [0.05, 0.1) is 5.56 Å². The van der Waals surface area contributed by atoms with Crippen LogP contribution in [0.5, 0.6) is 0 Å². The zero-order valence-electron chi connectivity index (χ0n) is 14.0. The average molecular weight is 325 g/mol. The molecule has 6 heteroatoms. The van der Waals surface area contributed by atoms with Gasteiger partial charge in [-0.15, -0.1) is 0 Å². The summed E-state index contributed by atoms with van der Waals surface area (Å²) in [6.07, 6.45) is 1.08. The molecule has 1 aromatic carbocycles. The molecule has 126 valence electrons. The number of pyridine rings is 1. The van der Waals surface area contributed by atoms with Gasteiger partial charge in [0, 0.05) is 24.8 Å². The molecule has 6 nitrogen and oxygen atoms in total. The van der Waals surface area contributed by atoms with Gasteiger partial charge in [-0.25, -0.2) is 4.98 Å². The number of hydrogen-bond acceptors (Lipinski definition) is 5. The van der Waals surface area contributed by atoms with Gasteiger partial charge in [0.25, 0.3) is 5.91 Å². The third kappa shape index (κ3) is 3.49. The second kappa shape index (κ2) is 6.88. The van der Waals surface area contributed by atoms with E-state index in [1.807, 2.05) is 44.3 Å². The van der Waals surface area contributed by atoms with Gasteiger partial charge in [0.15, 0.2) is 0 Å². The summed E-state index contributed by atoms with van der Waals surface area (Å²) in [4.78, 5) is 18.6. The lowest BCUT2D eigenvalue weighted by Crippen LogP contribution is -2.30. The first kappa shape index (κ1) is 16.3. The lowest BCUT2D eigenvalue weighted by Gasteiger charge is -2.19. The van der Waals surface area contributed by atoms with Gasteiger partial charge >= 0.3 is 0 Å². The van der Waals surface area contributed by atoms with Crippen molar-refractivity contribution in [3.63, 3.8) is 0 Å². The topological polar surface area (TPSA) is 83.3 Å². The highest BCUT2D eigenvalue weighted by molar-refractivity contribution is 5.98. The number of anilines is 3. The summed E-state index contributed by atoms with van der Waals surface area (Å²) in [7, 11) is 1.97. The van der Waals surface area contributed by atoms with E-state index in [1.165, 1.54) is 0 Å². The first-order valence-electron chi connectivity index (χ1n) is 8.13. The Hall–Kier alpha value is -2.60. The summed E-state index contributed by atoms with van der Waals surface area (Å²) in [6.45, 7) is 3.87. The van der Waals surface area contributed by atoms with Crippen molar-refractivity contribution >= 4 is 23.2 Å². The molecule has 0 aliphatic carbocycles. The summed E-state index contributed by atoms with van der Waals surface area (Å²) in [6, 6.07) is 12.0. The number of nitrogens with one attached hydrogen (secondary N) is 2. The molecule has 1 aliphatic heterocycles. The molecule has 0 saturated carbocycles. The summed E-state index contributed by atoms with van der Waals surface area (Å²) in [5, 5.41) is 6.52.